The van der Waals surface area contributed by atoms with E-state index in [-0.39, 0.29) is 75.7 Å². The van der Waals surface area contributed by atoms with Crippen molar-refractivity contribution in [2.24, 2.45) is 62.6 Å². The van der Waals surface area contributed by atoms with Gasteiger partial charge in [0.15, 0.2) is 5.78 Å². The molecule has 5 saturated carbocycles. The summed E-state index contributed by atoms with van der Waals surface area (Å²) in [7, 11) is 0. The minimum absolute atomic E-state index is 0.000254. The Kier molecular flexibility index (Phi) is 11.2. The van der Waals surface area contributed by atoms with E-state index < -0.39 is 34.3 Å². The number of hydrogen-bond acceptors (Lipinski definition) is 8. The van der Waals surface area contributed by atoms with Crippen molar-refractivity contribution in [1.29, 1.82) is 0 Å². The van der Waals surface area contributed by atoms with E-state index in [9.17, 15) is 29.1 Å². The fourth-order valence-electron chi connectivity index (χ4n) is 15.2. The normalized spacial score (nSPS) is 38.9. The SMILES string of the molecule is CC(C)C1=C2[C@H]3CC[C@@H]4[C@@]5(C)CC[C@H](OC(=O)[C@H]6C[C@@H](C(=O)O)C6(C)C)C(C)(C)[C@@H]5CC[C@@]4(C)[C@]3(C)CC[C@@]2(NC(=O)C(C)(C)NC(=O)c2ccc(O[C@@H]3CCOC3)cc2)CC1=O. The summed E-state index contributed by atoms with van der Waals surface area (Å²) in [6, 6.07) is 6.97. The number of benzene rings is 1. The molecule has 3 N–H and O–H groups in total. The van der Waals surface area contributed by atoms with Gasteiger partial charge in [-0.1, -0.05) is 62.3 Å². The van der Waals surface area contributed by atoms with Crippen LogP contribution in [0, 0.1) is 62.6 Å². The first-order valence-corrected chi connectivity index (χ1v) is 24.0. The number of hydrogen-bond donors (Lipinski definition) is 3. The van der Waals surface area contributed by atoms with E-state index in [1.54, 1.807) is 38.1 Å². The average molecular weight is 871 g/mol. The van der Waals surface area contributed by atoms with E-state index in [1.807, 2.05) is 13.8 Å². The number of rotatable bonds is 10. The van der Waals surface area contributed by atoms with Crippen molar-refractivity contribution in [2.75, 3.05) is 13.2 Å². The summed E-state index contributed by atoms with van der Waals surface area (Å²) < 4.78 is 17.8. The largest absolute Gasteiger partial charge is 0.488 e. The molecule has 1 aliphatic heterocycles. The Balaban J connectivity index is 1.00. The van der Waals surface area contributed by atoms with Crippen molar-refractivity contribution in [3.63, 3.8) is 0 Å². The number of ketones is 1. The van der Waals surface area contributed by atoms with Gasteiger partial charge in [0.05, 0.1) is 30.6 Å². The molecule has 1 saturated heterocycles. The van der Waals surface area contributed by atoms with Crippen LogP contribution in [-0.4, -0.2) is 71.1 Å². The Morgan fingerprint density at radius 2 is 1.52 bits per heavy atom. The molecule has 346 valence electrons. The van der Waals surface area contributed by atoms with Crippen LogP contribution in [0.2, 0.25) is 0 Å². The van der Waals surface area contributed by atoms with Crippen LogP contribution in [-0.2, 0) is 28.7 Å². The zero-order valence-corrected chi connectivity index (χ0v) is 39.8. The number of aliphatic carboxylic acids is 1. The van der Waals surface area contributed by atoms with Crippen molar-refractivity contribution >= 4 is 29.5 Å². The number of carbonyl (C=O) groups excluding carboxylic acids is 4. The quantitative estimate of drug-likeness (QED) is 0.196. The third-order valence-electron chi connectivity index (χ3n) is 19.1. The number of nitrogens with one attached hydrogen (secondary N) is 2. The van der Waals surface area contributed by atoms with Gasteiger partial charge in [0.25, 0.3) is 5.91 Å². The Bertz CT molecular complexity index is 2080. The van der Waals surface area contributed by atoms with Crippen molar-refractivity contribution in [1.82, 2.24) is 10.6 Å². The van der Waals surface area contributed by atoms with Crippen LogP contribution < -0.4 is 15.4 Å². The number of esters is 1. The number of fused-ring (bicyclic) bond motifs is 7. The maximum absolute atomic E-state index is 14.5. The lowest BCUT2D eigenvalue weighted by atomic mass is 9.33. The van der Waals surface area contributed by atoms with Gasteiger partial charge in [-0.05, 0) is 152 Å². The van der Waals surface area contributed by atoms with Gasteiger partial charge in [0.1, 0.15) is 23.5 Å². The van der Waals surface area contributed by atoms with Crippen molar-refractivity contribution < 1.29 is 43.3 Å². The van der Waals surface area contributed by atoms with Crippen LogP contribution in [0.25, 0.3) is 0 Å². The highest BCUT2D eigenvalue weighted by molar-refractivity contribution is 6.03. The first kappa shape index (κ1) is 45.8. The minimum Gasteiger partial charge on any atom is -0.488 e. The van der Waals surface area contributed by atoms with Gasteiger partial charge in [-0.2, -0.15) is 0 Å². The molecular weight excluding hydrogens is 797 g/mol. The lowest BCUT2D eigenvalue weighted by Crippen LogP contribution is -2.68. The van der Waals surface area contributed by atoms with Crippen molar-refractivity contribution in [2.45, 2.75) is 170 Å². The zero-order valence-electron chi connectivity index (χ0n) is 39.8. The van der Waals surface area contributed by atoms with Gasteiger partial charge in [0.2, 0.25) is 5.91 Å². The molecular formula is C52H74N2O9. The molecule has 6 aliphatic carbocycles. The molecule has 11 nitrogen and oxygen atoms in total. The van der Waals surface area contributed by atoms with Crippen LogP contribution >= 0.6 is 0 Å². The van der Waals surface area contributed by atoms with Gasteiger partial charge in [0, 0.05) is 23.8 Å². The molecule has 0 bridgehead atoms. The van der Waals surface area contributed by atoms with Gasteiger partial charge in [-0.15, -0.1) is 0 Å². The Morgan fingerprint density at radius 1 is 0.825 bits per heavy atom. The number of amides is 2. The van der Waals surface area contributed by atoms with E-state index in [2.05, 4.69) is 59.1 Å². The summed E-state index contributed by atoms with van der Waals surface area (Å²) in [6.07, 6.45) is 8.44. The molecule has 2 amide bonds. The fraction of sp³-hybridized carbons (Fsp3) is 0.750. The standard InChI is InChI=1S/C52H74N2O9/c1-29(2)40-36(55)27-52(54-45(60)48(7,8)53-42(56)30-12-14-31(15-13-30)62-32-20-25-61-28-32)24-23-50(10)33(41(40)52)16-17-38-49(9)21-19-39(47(5,6)37(49)18-22-51(38,50)11)63-44(59)35-26-34(43(57)58)46(35,3)4/h12-15,29,32-35,37-39H,16-28H2,1-11H3,(H,53,56)(H,54,60)(H,57,58)/t32-,33-,34+,35-,37+,38-,39+,49+,50-,51-,52-/m1/s1. The Labute approximate surface area is 375 Å². The number of carboxylic acid groups (broad SMARTS) is 1. The highest BCUT2D eigenvalue weighted by Gasteiger charge is 2.71. The van der Waals surface area contributed by atoms with Gasteiger partial charge in [-0.25, -0.2) is 0 Å². The molecule has 0 unspecified atom stereocenters. The van der Waals surface area contributed by atoms with Crippen LogP contribution in [0.3, 0.4) is 0 Å². The monoisotopic (exact) mass is 871 g/mol. The summed E-state index contributed by atoms with van der Waals surface area (Å²) in [6.45, 7) is 24.8. The second kappa shape index (κ2) is 15.4. The number of Topliss-reactive ketones (excluding diaryl/α,β-unsaturated/α-hetero) is 1. The molecule has 0 radical (unpaired) electrons. The topological polar surface area (TPSA) is 157 Å². The molecule has 11 heteroatoms. The molecule has 11 atom stereocenters. The maximum atomic E-state index is 14.5. The average Bonchev–Trinajstić information content (AvgIpc) is 3.80. The van der Waals surface area contributed by atoms with Crippen molar-refractivity contribution in [3.8, 4) is 5.75 Å². The summed E-state index contributed by atoms with van der Waals surface area (Å²) in [4.78, 5) is 67.9. The molecule has 1 aromatic rings. The molecule has 1 heterocycles. The van der Waals surface area contributed by atoms with Gasteiger partial charge in [-0.3, -0.25) is 24.0 Å². The van der Waals surface area contributed by atoms with E-state index >= 15 is 0 Å². The summed E-state index contributed by atoms with van der Waals surface area (Å²) >= 11 is 0. The lowest BCUT2D eigenvalue weighted by Gasteiger charge is -2.72. The second-order valence-electron chi connectivity index (χ2n) is 23.7. The van der Waals surface area contributed by atoms with Gasteiger partial charge < -0.3 is 30.0 Å². The Hall–Kier alpha value is -3.73. The molecule has 63 heavy (non-hydrogen) atoms. The summed E-state index contributed by atoms with van der Waals surface area (Å²) in [5.41, 5.74) is -0.643. The first-order chi connectivity index (χ1) is 29.3. The van der Waals surface area contributed by atoms with E-state index in [0.29, 0.717) is 49.2 Å². The third kappa shape index (κ3) is 7.09. The summed E-state index contributed by atoms with van der Waals surface area (Å²) in [5, 5.41) is 16.2. The predicted molar refractivity (Wildman–Crippen MR) is 239 cm³/mol. The molecule has 1 aromatic carbocycles. The first-order valence-electron chi connectivity index (χ1n) is 24.0. The second-order valence-corrected chi connectivity index (χ2v) is 23.7. The van der Waals surface area contributed by atoms with Gasteiger partial charge >= 0.3 is 11.9 Å². The van der Waals surface area contributed by atoms with E-state index in [4.69, 9.17) is 14.2 Å². The lowest BCUT2D eigenvalue weighted by molar-refractivity contribution is -0.235. The van der Waals surface area contributed by atoms with Crippen LogP contribution in [0.15, 0.2) is 35.4 Å². The predicted octanol–water partition coefficient (Wildman–Crippen LogP) is 8.87. The van der Waals surface area contributed by atoms with Crippen LogP contribution in [0.4, 0.5) is 0 Å². The summed E-state index contributed by atoms with van der Waals surface area (Å²) in [5.74, 6) is -1.01. The van der Waals surface area contributed by atoms with Crippen LogP contribution in [0.1, 0.15) is 157 Å². The van der Waals surface area contributed by atoms with Crippen molar-refractivity contribution in [3.05, 3.63) is 41.0 Å². The molecule has 0 spiro atoms. The third-order valence-corrected chi connectivity index (χ3v) is 19.1. The highest BCUT2D eigenvalue weighted by Crippen LogP contribution is 2.76. The number of allylic oxidation sites excluding steroid dienone is 1. The molecule has 6 fully saturated rings. The van der Waals surface area contributed by atoms with E-state index in [1.165, 1.54) is 0 Å². The number of ether oxygens (including phenoxy) is 3. The van der Waals surface area contributed by atoms with E-state index in [0.717, 1.165) is 62.5 Å². The van der Waals surface area contributed by atoms with Crippen LogP contribution in [0.5, 0.6) is 5.75 Å². The Morgan fingerprint density at radius 3 is 2.14 bits per heavy atom. The fourth-order valence-corrected chi connectivity index (χ4v) is 15.2. The molecule has 0 aromatic heterocycles. The number of carbonyl (C=O) groups is 5. The maximum Gasteiger partial charge on any atom is 0.309 e. The highest BCUT2D eigenvalue weighted by atomic mass is 16.6. The molecule has 7 aliphatic rings. The molecule has 8 rings (SSSR count). The minimum atomic E-state index is -1.26. The zero-order chi connectivity index (χ0) is 45.9. The smallest absolute Gasteiger partial charge is 0.309 e. The number of carboxylic acids is 1.